The Balaban J connectivity index is 0.00000400. The average molecular weight is 405 g/mol. The molecule has 0 bridgehead atoms. The van der Waals surface area contributed by atoms with Gasteiger partial charge >= 0.3 is 0 Å². The summed E-state index contributed by atoms with van der Waals surface area (Å²) in [6, 6.07) is 6.24. The highest BCUT2D eigenvalue weighted by molar-refractivity contribution is 14.0. The second kappa shape index (κ2) is 10.7. The van der Waals surface area contributed by atoms with Crippen LogP contribution in [0.25, 0.3) is 0 Å². The Morgan fingerprint density at radius 1 is 1.29 bits per heavy atom. The van der Waals surface area contributed by atoms with Crippen LogP contribution in [0.15, 0.2) is 23.2 Å². The van der Waals surface area contributed by atoms with E-state index in [0.29, 0.717) is 5.92 Å². The zero-order valence-corrected chi connectivity index (χ0v) is 16.0. The van der Waals surface area contributed by atoms with Crippen molar-refractivity contribution < 1.29 is 4.74 Å². The van der Waals surface area contributed by atoms with Crippen molar-refractivity contribution in [2.75, 3.05) is 20.7 Å². The summed E-state index contributed by atoms with van der Waals surface area (Å²) in [5.41, 5.74) is 2.33. The molecule has 1 rings (SSSR count). The van der Waals surface area contributed by atoms with Crippen LogP contribution in [0, 0.1) is 12.8 Å². The number of guanidine groups is 1. The minimum atomic E-state index is 0. The van der Waals surface area contributed by atoms with Gasteiger partial charge in [-0.15, -0.1) is 24.0 Å². The fourth-order valence-corrected chi connectivity index (χ4v) is 1.86. The van der Waals surface area contributed by atoms with Crippen LogP contribution in [0.5, 0.6) is 5.75 Å². The lowest BCUT2D eigenvalue weighted by Crippen LogP contribution is -2.37. The second-order valence-corrected chi connectivity index (χ2v) is 5.34. The van der Waals surface area contributed by atoms with Gasteiger partial charge in [0.15, 0.2) is 5.96 Å². The molecule has 0 heterocycles. The predicted octanol–water partition coefficient (Wildman–Crippen LogP) is 3.33. The van der Waals surface area contributed by atoms with Gasteiger partial charge in [-0.2, -0.15) is 0 Å². The summed E-state index contributed by atoms with van der Waals surface area (Å²) in [5, 5.41) is 6.63. The largest absolute Gasteiger partial charge is 0.496 e. The van der Waals surface area contributed by atoms with E-state index in [1.165, 1.54) is 5.56 Å². The summed E-state index contributed by atoms with van der Waals surface area (Å²) in [7, 11) is 3.49. The SMILES string of the molecule is CN=C(NCCC(C)C)NCc1ccc(C)c(OC)c1.I. The molecule has 2 N–H and O–H groups in total. The number of halogens is 1. The lowest BCUT2D eigenvalue weighted by atomic mass is 10.1. The molecule has 0 aromatic heterocycles. The van der Waals surface area contributed by atoms with Crippen molar-refractivity contribution in [1.82, 2.24) is 10.6 Å². The number of ether oxygens (including phenoxy) is 1. The number of methoxy groups -OCH3 is 1. The highest BCUT2D eigenvalue weighted by atomic mass is 127. The molecule has 0 aliphatic carbocycles. The lowest BCUT2D eigenvalue weighted by Gasteiger charge is -2.13. The zero-order valence-electron chi connectivity index (χ0n) is 13.7. The normalized spacial score (nSPS) is 11.0. The van der Waals surface area contributed by atoms with Crippen LogP contribution in [-0.2, 0) is 6.54 Å². The number of aryl methyl sites for hydroxylation is 1. The molecule has 1 aromatic carbocycles. The summed E-state index contributed by atoms with van der Waals surface area (Å²) in [4.78, 5) is 4.22. The number of nitrogens with one attached hydrogen (secondary N) is 2. The molecule has 0 radical (unpaired) electrons. The van der Waals surface area contributed by atoms with Gasteiger partial charge in [-0.3, -0.25) is 4.99 Å². The lowest BCUT2D eigenvalue weighted by molar-refractivity contribution is 0.411. The molecule has 0 aliphatic rings. The van der Waals surface area contributed by atoms with Gasteiger partial charge in [-0.25, -0.2) is 0 Å². The van der Waals surface area contributed by atoms with E-state index in [4.69, 9.17) is 4.74 Å². The van der Waals surface area contributed by atoms with Gasteiger partial charge in [0.2, 0.25) is 0 Å². The van der Waals surface area contributed by atoms with Crippen molar-refractivity contribution in [3.8, 4) is 5.75 Å². The molecular weight excluding hydrogens is 377 g/mol. The number of benzene rings is 1. The molecular formula is C16H28IN3O. The summed E-state index contributed by atoms with van der Waals surface area (Å²) in [6.07, 6.45) is 1.14. The maximum Gasteiger partial charge on any atom is 0.191 e. The zero-order chi connectivity index (χ0) is 15.0. The molecule has 0 unspecified atom stereocenters. The molecule has 0 aliphatic heterocycles. The second-order valence-electron chi connectivity index (χ2n) is 5.34. The third-order valence-electron chi connectivity index (χ3n) is 3.17. The first-order chi connectivity index (χ1) is 9.56. The molecule has 120 valence electrons. The van der Waals surface area contributed by atoms with E-state index in [9.17, 15) is 0 Å². The summed E-state index contributed by atoms with van der Waals surface area (Å²) in [6.45, 7) is 8.15. The fourth-order valence-electron chi connectivity index (χ4n) is 1.86. The van der Waals surface area contributed by atoms with Crippen molar-refractivity contribution in [1.29, 1.82) is 0 Å². The number of hydrogen-bond acceptors (Lipinski definition) is 2. The van der Waals surface area contributed by atoms with Crippen LogP contribution in [0.3, 0.4) is 0 Å². The van der Waals surface area contributed by atoms with Gasteiger partial charge in [0, 0.05) is 20.1 Å². The molecule has 0 saturated carbocycles. The van der Waals surface area contributed by atoms with Gasteiger partial charge in [0.05, 0.1) is 7.11 Å². The first-order valence-corrected chi connectivity index (χ1v) is 7.14. The van der Waals surface area contributed by atoms with Gasteiger partial charge < -0.3 is 15.4 Å². The Labute approximate surface area is 145 Å². The molecule has 0 spiro atoms. The minimum absolute atomic E-state index is 0. The number of rotatable bonds is 6. The highest BCUT2D eigenvalue weighted by Gasteiger charge is 2.02. The molecule has 0 fully saturated rings. The van der Waals surface area contributed by atoms with Crippen molar-refractivity contribution in [3.05, 3.63) is 29.3 Å². The first-order valence-electron chi connectivity index (χ1n) is 7.14. The van der Waals surface area contributed by atoms with Crippen molar-refractivity contribution in [3.63, 3.8) is 0 Å². The van der Waals surface area contributed by atoms with Crippen LogP contribution >= 0.6 is 24.0 Å². The van der Waals surface area contributed by atoms with Gasteiger partial charge in [0.25, 0.3) is 0 Å². The van der Waals surface area contributed by atoms with E-state index in [-0.39, 0.29) is 24.0 Å². The minimum Gasteiger partial charge on any atom is -0.496 e. The number of hydrogen-bond donors (Lipinski definition) is 2. The number of aliphatic imine (C=N–C) groups is 1. The van der Waals surface area contributed by atoms with E-state index in [1.807, 2.05) is 6.92 Å². The standard InChI is InChI=1S/C16H27N3O.HI/c1-12(2)8-9-18-16(17-4)19-11-14-7-6-13(3)15(10-14)20-5;/h6-7,10,12H,8-9,11H2,1-5H3,(H2,17,18,19);1H. The Morgan fingerprint density at radius 2 is 2.00 bits per heavy atom. The van der Waals surface area contributed by atoms with E-state index < -0.39 is 0 Å². The Hall–Kier alpha value is -0.980. The topological polar surface area (TPSA) is 45.7 Å². The molecule has 0 amide bonds. The van der Waals surface area contributed by atoms with E-state index in [1.54, 1.807) is 14.2 Å². The Morgan fingerprint density at radius 3 is 2.57 bits per heavy atom. The molecule has 1 aromatic rings. The maximum absolute atomic E-state index is 5.34. The first kappa shape index (κ1) is 20.0. The van der Waals surface area contributed by atoms with Crippen LogP contribution in [0.1, 0.15) is 31.4 Å². The van der Waals surface area contributed by atoms with E-state index >= 15 is 0 Å². The predicted molar refractivity (Wildman–Crippen MR) is 101 cm³/mol. The third kappa shape index (κ3) is 7.55. The molecule has 4 nitrogen and oxygen atoms in total. The van der Waals surface area contributed by atoms with Gasteiger partial charge in [0.1, 0.15) is 5.75 Å². The van der Waals surface area contributed by atoms with E-state index in [0.717, 1.165) is 36.8 Å². The molecule has 21 heavy (non-hydrogen) atoms. The Bertz CT molecular complexity index is 447. The summed E-state index contributed by atoms with van der Waals surface area (Å²) < 4.78 is 5.34. The quantitative estimate of drug-likeness (QED) is 0.434. The maximum atomic E-state index is 5.34. The third-order valence-corrected chi connectivity index (χ3v) is 3.17. The Kier molecular flexibility index (Phi) is 10.2. The van der Waals surface area contributed by atoms with Crippen molar-refractivity contribution in [2.45, 2.75) is 33.7 Å². The average Bonchev–Trinajstić information content (AvgIpc) is 2.43. The van der Waals surface area contributed by atoms with Crippen molar-refractivity contribution in [2.24, 2.45) is 10.9 Å². The van der Waals surface area contributed by atoms with Crippen LogP contribution in [0.4, 0.5) is 0 Å². The summed E-state index contributed by atoms with van der Waals surface area (Å²) in [5.74, 6) is 2.46. The molecule has 0 atom stereocenters. The smallest absolute Gasteiger partial charge is 0.191 e. The number of nitrogens with zero attached hydrogens (tertiary/aromatic N) is 1. The van der Waals surface area contributed by atoms with Crippen LogP contribution < -0.4 is 15.4 Å². The fraction of sp³-hybridized carbons (Fsp3) is 0.562. The van der Waals surface area contributed by atoms with E-state index in [2.05, 4.69) is 47.7 Å². The van der Waals surface area contributed by atoms with Crippen molar-refractivity contribution >= 4 is 29.9 Å². The van der Waals surface area contributed by atoms with Gasteiger partial charge in [-0.1, -0.05) is 26.0 Å². The van der Waals surface area contributed by atoms with Gasteiger partial charge in [-0.05, 0) is 36.5 Å². The monoisotopic (exact) mass is 405 g/mol. The van der Waals surface area contributed by atoms with Crippen LogP contribution in [0.2, 0.25) is 0 Å². The van der Waals surface area contributed by atoms with Crippen LogP contribution in [-0.4, -0.2) is 26.7 Å². The summed E-state index contributed by atoms with van der Waals surface area (Å²) >= 11 is 0. The molecule has 0 saturated heterocycles. The molecule has 5 heteroatoms. The highest BCUT2D eigenvalue weighted by Crippen LogP contribution is 2.18.